The number of aromatic nitrogens is 2. The minimum absolute atomic E-state index is 0.227. The number of fused-ring (bicyclic) bond motifs is 1. The highest BCUT2D eigenvalue weighted by Crippen LogP contribution is 2.21. The molecular formula is C16H14FN3O. The molecule has 1 N–H and O–H groups in total. The van der Waals surface area contributed by atoms with Gasteiger partial charge in [0.05, 0.1) is 6.20 Å². The standard InChI is InChI=1S/C16H14FN3O/c1-20-10-11(9-19-20)8-18-16(21)14-6-7-15(17)13-5-3-2-4-12(13)14/h2-7,9-10H,8H2,1H3,(H,18,21). The van der Waals surface area contributed by atoms with E-state index in [2.05, 4.69) is 10.4 Å². The molecule has 0 fully saturated rings. The maximum atomic E-state index is 13.7. The van der Waals surface area contributed by atoms with Gasteiger partial charge < -0.3 is 5.32 Å². The first-order valence-electron chi connectivity index (χ1n) is 6.58. The maximum Gasteiger partial charge on any atom is 0.252 e. The summed E-state index contributed by atoms with van der Waals surface area (Å²) in [6, 6.07) is 9.79. The van der Waals surface area contributed by atoms with Gasteiger partial charge in [-0.05, 0) is 17.5 Å². The predicted octanol–water partition coefficient (Wildman–Crippen LogP) is 2.64. The van der Waals surface area contributed by atoms with Crippen molar-refractivity contribution in [2.75, 3.05) is 0 Å². The van der Waals surface area contributed by atoms with Crippen molar-refractivity contribution in [3.8, 4) is 0 Å². The summed E-state index contributed by atoms with van der Waals surface area (Å²) in [5.74, 6) is -0.551. The van der Waals surface area contributed by atoms with Crippen LogP contribution in [-0.4, -0.2) is 15.7 Å². The van der Waals surface area contributed by atoms with E-state index in [0.717, 1.165) is 5.56 Å². The van der Waals surface area contributed by atoms with Crippen LogP contribution < -0.4 is 5.32 Å². The number of nitrogens with zero attached hydrogens (tertiary/aromatic N) is 2. The molecular weight excluding hydrogens is 269 g/mol. The maximum absolute atomic E-state index is 13.7. The van der Waals surface area contributed by atoms with Crippen molar-refractivity contribution in [3.63, 3.8) is 0 Å². The summed E-state index contributed by atoms with van der Waals surface area (Å²) in [5, 5.41) is 7.93. The van der Waals surface area contributed by atoms with Crippen LogP contribution >= 0.6 is 0 Å². The Kier molecular flexibility index (Phi) is 3.39. The lowest BCUT2D eigenvalue weighted by molar-refractivity contribution is 0.0952. The molecule has 1 heterocycles. The first-order valence-corrected chi connectivity index (χ1v) is 6.58. The summed E-state index contributed by atoms with van der Waals surface area (Å²) in [5.41, 5.74) is 1.38. The van der Waals surface area contributed by atoms with Gasteiger partial charge in [-0.3, -0.25) is 9.48 Å². The molecule has 0 saturated heterocycles. The molecule has 21 heavy (non-hydrogen) atoms. The van der Waals surface area contributed by atoms with Gasteiger partial charge in [0.1, 0.15) is 5.82 Å². The van der Waals surface area contributed by atoms with Crippen molar-refractivity contribution in [1.29, 1.82) is 0 Å². The van der Waals surface area contributed by atoms with Crippen molar-refractivity contribution in [1.82, 2.24) is 15.1 Å². The molecule has 0 radical (unpaired) electrons. The number of carbonyl (C=O) groups excluding carboxylic acids is 1. The Morgan fingerprint density at radius 1 is 1.24 bits per heavy atom. The van der Waals surface area contributed by atoms with Gasteiger partial charge in [-0.2, -0.15) is 5.10 Å². The normalized spacial score (nSPS) is 10.8. The monoisotopic (exact) mass is 283 g/mol. The van der Waals surface area contributed by atoms with Crippen LogP contribution in [0.5, 0.6) is 0 Å². The number of nitrogens with one attached hydrogen (secondary N) is 1. The number of carbonyl (C=O) groups is 1. The van der Waals surface area contributed by atoms with Crippen LogP contribution in [0.15, 0.2) is 48.8 Å². The Morgan fingerprint density at radius 3 is 2.71 bits per heavy atom. The molecule has 0 aliphatic rings. The Hall–Kier alpha value is -2.69. The molecule has 0 spiro atoms. The summed E-state index contributed by atoms with van der Waals surface area (Å²) < 4.78 is 15.4. The number of aryl methyl sites for hydroxylation is 1. The SMILES string of the molecule is Cn1cc(CNC(=O)c2ccc(F)c3ccccc23)cn1. The van der Waals surface area contributed by atoms with E-state index in [1.165, 1.54) is 12.1 Å². The van der Waals surface area contributed by atoms with Crippen molar-refractivity contribution < 1.29 is 9.18 Å². The van der Waals surface area contributed by atoms with Crippen molar-refractivity contribution in [2.24, 2.45) is 7.05 Å². The van der Waals surface area contributed by atoms with E-state index in [9.17, 15) is 9.18 Å². The highest BCUT2D eigenvalue weighted by molar-refractivity contribution is 6.07. The lowest BCUT2D eigenvalue weighted by Crippen LogP contribution is -2.22. The van der Waals surface area contributed by atoms with E-state index in [4.69, 9.17) is 0 Å². The zero-order valence-electron chi connectivity index (χ0n) is 11.5. The van der Waals surface area contributed by atoms with E-state index in [-0.39, 0.29) is 11.7 Å². The predicted molar refractivity (Wildman–Crippen MR) is 78.3 cm³/mol. The average molecular weight is 283 g/mol. The number of benzene rings is 2. The second-order valence-electron chi connectivity index (χ2n) is 4.85. The van der Waals surface area contributed by atoms with Gasteiger partial charge in [0, 0.05) is 36.3 Å². The quantitative estimate of drug-likeness (QED) is 0.803. The van der Waals surface area contributed by atoms with Crippen LogP contribution in [0.2, 0.25) is 0 Å². The van der Waals surface area contributed by atoms with E-state index in [1.54, 1.807) is 35.1 Å². The lowest BCUT2D eigenvalue weighted by atomic mass is 10.0. The molecule has 1 aromatic heterocycles. The van der Waals surface area contributed by atoms with Gasteiger partial charge in [-0.15, -0.1) is 0 Å². The third-order valence-electron chi connectivity index (χ3n) is 3.33. The number of rotatable bonds is 3. The van der Waals surface area contributed by atoms with Crippen LogP contribution in [0.3, 0.4) is 0 Å². The van der Waals surface area contributed by atoms with E-state index in [1.807, 2.05) is 13.2 Å². The molecule has 0 atom stereocenters. The van der Waals surface area contributed by atoms with E-state index in [0.29, 0.717) is 22.9 Å². The fourth-order valence-corrected chi connectivity index (χ4v) is 2.30. The third-order valence-corrected chi connectivity index (χ3v) is 3.33. The minimum Gasteiger partial charge on any atom is -0.348 e. The zero-order chi connectivity index (χ0) is 14.8. The fraction of sp³-hybridized carbons (Fsp3) is 0.125. The van der Waals surface area contributed by atoms with Crippen LogP contribution in [-0.2, 0) is 13.6 Å². The molecule has 0 unspecified atom stereocenters. The molecule has 1 amide bonds. The molecule has 5 heteroatoms. The van der Waals surface area contributed by atoms with E-state index < -0.39 is 0 Å². The Bertz CT molecular complexity index is 810. The van der Waals surface area contributed by atoms with Crippen LogP contribution in [0.1, 0.15) is 15.9 Å². The fourth-order valence-electron chi connectivity index (χ4n) is 2.30. The molecule has 3 aromatic rings. The molecule has 2 aromatic carbocycles. The second-order valence-corrected chi connectivity index (χ2v) is 4.85. The largest absolute Gasteiger partial charge is 0.348 e. The first kappa shape index (κ1) is 13.3. The van der Waals surface area contributed by atoms with Crippen molar-refractivity contribution in [2.45, 2.75) is 6.54 Å². The molecule has 0 saturated carbocycles. The molecule has 0 bridgehead atoms. The highest BCUT2D eigenvalue weighted by atomic mass is 19.1. The van der Waals surface area contributed by atoms with Crippen LogP contribution in [0.4, 0.5) is 4.39 Å². The van der Waals surface area contributed by atoms with Crippen LogP contribution in [0.25, 0.3) is 10.8 Å². The Labute approximate surface area is 121 Å². The number of hydrogen-bond acceptors (Lipinski definition) is 2. The van der Waals surface area contributed by atoms with Gasteiger partial charge in [-0.1, -0.05) is 24.3 Å². The minimum atomic E-state index is -0.325. The molecule has 0 aliphatic heterocycles. The van der Waals surface area contributed by atoms with Crippen molar-refractivity contribution >= 4 is 16.7 Å². The molecule has 0 aliphatic carbocycles. The van der Waals surface area contributed by atoms with Gasteiger partial charge in [-0.25, -0.2) is 4.39 Å². The molecule has 3 rings (SSSR count). The Morgan fingerprint density at radius 2 is 2.00 bits per heavy atom. The molecule has 4 nitrogen and oxygen atoms in total. The van der Waals surface area contributed by atoms with Gasteiger partial charge in [0.15, 0.2) is 0 Å². The second kappa shape index (κ2) is 5.36. The Balaban J connectivity index is 1.86. The smallest absolute Gasteiger partial charge is 0.252 e. The summed E-state index contributed by atoms with van der Waals surface area (Å²) in [4.78, 5) is 12.3. The van der Waals surface area contributed by atoms with Crippen LogP contribution in [0, 0.1) is 5.82 Å². The average Bonchev–Trinajstić information content (AvgIpc) is 2.91. The summed E-state index contributed by atoms with van der Waals surface area (Å²) in [6.07, 6.45) is 3.53. The highest BCUT2D eigenvalue weighted by Gasteiger charge is 2.12. The first-order chi connectivity index (χ1) is 10.1. The molecule has 106 valence electrons. The van der Waals surface area contributed by atoms with Crippen molar-refractivity contribution in [3.05, 3.63) is 65.7 Å². The number of hydrogen-bond donors (Lipinski definition) is 1. The van der Waals surface area contributed by atoms with Gasteiger partial charge in [0.25, 0.3) is 5.91 Å². The van der Waals surface area contributed by atoms with E-state index >= 15 is 0 Å². The summed E-state index contributed by atoms with van der Waals surface area (Å²) in [7, 11) is 1.82. The van der Waals surface area contributed by atoms with Gasteiger partial charge >= 0.3 is 0 Å². The summed E-state index contributed by atoms with van der Waals surface area (Å²) >= 11 is 0. The lowest BCUT2D eigenvalue weighted by Gasteiger charge is -2.08. The topological polar surface area (TPSA) is 46.9 Å². The summed E-state index contributed by atoms with van der Waals surface area (Å²) in [6.45, 7) is 0.387. The number of amides is 1. The zero-order valence-corrected chi connectivity index (χ0v) is 11.5. The third kappa shape index (κ3) is 2.63. The number of halogens is 1. The van der Waals surface area contributed by atoms with Gasteiger partial charge in [0.2, 0.25) is 0 Å².